The molecule has 0 saturated heterocycles. The second-order valence-corrected chi connectivity index (χ2v) is 39.4. The first-order valence-electron chi connectivity index (χ1n) is 44.3. The van der Waals surface area contributed by atoms with E-state index in [1.807, 2.05) is 13.8 Å². The molecule has 0 bridgehead atoms. The number of hydrogen-bond donors (Lipinski definition) is 10. The standard InChI is InChI=1S/C96H90N26O19S5/c1-6-46-140-87-58-84(122-120-81-44-36-75(56-89(81)146(137,138)139)116-108-66-18-11-8-12-19-66)62(5)52-85(87)100-96-105-93(104-94(106-96)98-73-34-42-79(61(4)51-73)117-113-69-26-22-67(23-27-69)109-111-71-30-37-76(38-31-71)143(128,129)130)97-45-14-13-20-82(92(123)124)99-95-102-90(53-63-21-41-78(59(2)49-63)118-119-80-43-35-74(55-88(80)145(134,135)136)115-107-65-16-9-7-10-17-65)101-91(103-95)54-64-50-60(3)83(57-86(64)141-47-15-48-142(125,126)127)121-114-70-28-24-68(25-29-70)110-112-72-32-39-77(40-33-72)144(131,132)133/h7-12,16-19,21-44,49-52,55-58,82H,6,13-15,20,45-48,53-54H2,1-5H3,(H,123,124)(H,125,126,127)(H,128,129,130)(H,131,132,133)(H,134,135,136)(H,137,138,139)(H,99,101,102,103)(H3,97,98,100,104,105,106). The van der Waals surface area contributed by atoms with Gasteiger partial charge in [-0.25, -0.2) is 9.78 Å². The lowest BCUT2D eigenvalue weighted by Crippen LogP contribution is -2.30. The molecule has 0 radical (unpaired) electrons. The van der Waals surface area contributed by atoms with Gasteiger partial charge in [-0.3, -0.25) is 22.8 Å². The van der Waals surface area contributed by atoms with E-state index in [0.717, 1.165) is 12.1 Å². The molecule has 12 aromatic carbocycles. The Morgan fingerprint density at radius 3 is 1.23 bits per heavy atom. The maximum Gasteiger partial charge on any atom is 0.326 e. The third kappa shape index (κ3) is 31.1. The molecule has 50 heteroatoms. The predicted molar refractivity (Wildman–Crippen MR) is 540 cm³/mol. The molecule has 0 spiro atoms. The fourth-order valence-corrected chi connectivity index (χ4v) is 16.4. The number of unbranched alkanes of at least 4 members (excludes halogenated alkanes) is 1. The highest BCUT2D eigenvalue weighted by Crippen LogP contribution is 2.41. The zero-order valence-corrected chi connectivity index (χ0v) is 82.1. The number of aryl methyl sites for hydroxylation is 4. The van der Waals surface area contributed by atoms with Crippen molar-refractivity contribution in [3.63, 3.8) is 0 Å². The van der Waals surface area contributed by atoms with Gasteiger partial charge in [0, 0.05) is 42.8 Å². The van der Waals surface area contributed by atoms with E-state index in [2.05, 4.69) is 103 Å². The van der Waals surface area contributed by atoms with Crippen LogP contribution < -0.4 is 30.7 Å². The quantitative estimate of drug-likeness (QED) is 0.00962. The lowest BCUT2D eigenvalue weighted by Gasteiger charge is -2.17. The number of aliphatic carboxylic acids is 1. The van der Waals surface area contributed by atoms with Gasteiger partial charge < -0.3 is 35.8 Å². The molecule has 1 atom stereocenters. The largest absolute Gasteiger partial charge is 0.493 e. The number of benzene rings is 12. The van der Waals surface area contributed by atoms with Gasteiger partial charge in [0.1, 0.15) is 50.4 Å². The number of nitrogens with zero attached hydrogens (tertiary/aromatic N) is 22. The molecule has 14 rings (SSSR count). The van der Waals surface area contributed by atoms with E-state index >= 15 is 0 Å². The van der Waals surface area contributed by atoms with Crippen LogP contribution in [0.1, 0.15) is 84.1 Å². The number of anilines is 6. The Bertz CT molecular complexity index is 8030. The predicted octanol–water partition coefficient (Wildman–Crippen LogP) is 24.9. The minimum atomic E-state index is -4.87. The summed E-state index contributed by atoms with van der Waals surface area (Å²) in [5.41, 5.74) is 8.82. The van der Waals surface area contributed by atoms with Gasteiger partial charge in [0.25, 0.3) is 50.6 Å². The Balaban J connectivity index is 0.727. The van der Waals surface area contributed by atoms with E-state index in [9.17, 15) is 74.8 Å². The summed E-state index contributed by atoms with van der Waals surface area (Å²) in [6.07, 6.45) is 0.862. The average Bonchev–Trinajstić information content (AvgIpc) is 0.807. The molecule has 0 aliphatic carbocycles. The van der Waals surface area contributed by atoms with Gasteiger partial charge in [0.15, 0.2) is 0 Å². The van der Waals surface area contributed by atoms with Crippen molar-refractivity contribution in [1.82, 2.24) is 29.9 Å². The molecule has 45 nitrogen and oxygen atoms in total. The van der Waals surface area contributed by atoms with Crippen LogP contribution in [-0.2, 0) is 68.2 Å². The smallest absolute Gasteiger partial charge is 0.326 e. The van der Waals surface area contributed by atoms with E-state index in [1.165, 1.54) is 72.8 Å². The van der Waals surface area contributed by atoms with Gasteiger partial charge >= 0.3 is 5.97 Å². The lowest BCUT2D eigenvalue weighted by molar-refractivity contribution is -0.138. The van der Waals surface area contributed by atoms with Crippen molar-refractivity contribution in [2.24, 2.45) is 81.8 Å². The van der Waals surface area contributed by atoms with E-state index in [1.54, 1.807) is 191 Å². The van der Waals surface area contributed by atoms with E-state index in [0.29, 0.717) is 120 Å². The lowest BCUT2D eigenvalue weighted by atomic mass is 10.0. The van der Waals surface area contributed by atoms with Crippen molar-refractivity contribution in [3.05, 3.63) is 300 Å². The fourth-order valence-electron chi connectivity index (χ4n) is 13.6. The van der Waals surface area contributed by atoms with Crippen LogP contribution in [0.3, 0.4) is 0 Å². The number of rotatable bonds is 45. The number of nitrogens with one attached hydrogen (secondary N) is 4. The zero-order valence-electron chi connectivity index (χ0n) is 78.0. The maximum absolute atomic E-state index is 13.5. The Morgan fingerprint density at radius 1 is 0.349 bits per heavy atom. The van der Waals surface area contributed by atoms with Gasteiger partial charge in [0.05, 0.1) is 114 Å². The highest BCUT2D eigenvalue weighted by Gasteiger charge is 2.25. The average molecular weight is 2070 g/mol. The van der Waals surface area contributed by atoms with Gasteiger partial charge in [-0.1, -0.05) is 55.5 Å². The van der Waals surface area contributed by atoms with Crippen LogP contribution in [0.15, 0.2) is 356 Å². The van der Waals surface area contributed by atoms with Gasteiger partial charge in [0.2, 0.25) is 23.8 Å². The Labute approximate surface area is 836 Å². The molecule has 10 N–H and O–H groups in total. The molecule has 0 saturated carbocycles. The first-order chi connectivity index (χ1) is 69.8. The molecule has 0 aliphatic heterocycles. The van der Waals surface area contributed by atoms with E-state index in [-0.39, 0.29) is 137 Å². The molecule has 0 aliphatic rings. The van der Waals surface area contributed by atoms with Crippen LogP contribution in [0.5, 0.6) is 11.5 Å². The third-order valence-corrected chi connectivity index (χ3v) is 25.2. The third-order valence-electron chi connectivity index (χ3n) is 20.9. The van der Waals surface area contributed by atoms with Crippen LogP contribution in [0.2, 0.25) is 0 Å². The zero-order chi connectivity index (χ0) is 104. The van der Waals surface area contributed by atoms with E-state index in [4.69, 9.17) is 39.4 Å². The number of ether oxygens (including phenoxy) is 2. The Morgan fingerprint density at radius 2 is 0.747 bits per heavy atom. The maximum atomic E-state index is 13.5. The summed E-state index contributed by atoms with van der Waals surface area (Å²) in [4.78, 5) is 40.5. The summed E-state index contributed by atoms with van der Waals surface area (Å²) < 4.78 is 183. The second-order valence-electron chi connectivity index (χ2n) is 32.2. The number of azo groups is 8. The highest BCUT2D eigenvalue weighted by molar-refractivity contribution is 7.87. The van der Waals surface area contributed by atoms with Crippen molar-refractivity contribution in [2.45, 2.75) is 105 Å². The Hall–Kier alpha value is -16.7. The molecule has 146 heavy (non-hydrogen) atoms. The molecule has 748 valence electrons. The summed E-state index contributed by atoms with van der Waals surface area (Å²) >= 11 is 0. The number of aromatic nitrogens is 6. The molecule has 2 aromatic heterocycles. The molecule has 14 aromatic rings. The van der Waals surface area contributed by atoms with Crippen molar-refractivity contribution >= 4 is 183 Å². The molecule has 0 fully saturated rings. The summed E-state index contributed by atoms with van der Waals surface area (Å²) in [5, 5.41) is 92.1. The normalized spacial score (nSPS) is 12.6. The fraction of sp³-hybridized carbons (Fsp3) is 0.177. The highest BCUT2D eigenvalue weighted by atomic mass is 32.2. The first-order valence-corrected chi connectivity index (χ1v) is 51.7. The summed E-state index contributed by atoms with van der Waals surface area (Å²) in [5.74, 6) is -1.27. The van der Waals surface area contributed by atoms with E-state index < -0.39 is 78.1 Å². The number of hydrogen-bond acceptors (Lipinski definition) is 39. The van der Waals surface area contributed by atoms with Crippen molar-refractivity contribution < 1.29 is 84.2 Å². The summed E-state index contributed by atoms with van der Waals surface area (Å²) in [6, 6.07) is 64.2. The van der Waals surface area contributed by atoms with Crippen molar-refractivity contribution in [2.75, 3.05) is 46.8 Å². The van der Waals surface area contributed by atoms with Crippen molar-refractivity contribution in [1.29, 1.82) is 0 Å². The number of carboxylic acids is 1. The van der Waals surface area contributed by atoms with Gasteiger partial charge in [-0.15, -0.1) is 10.2 Å². The van der Waals surface area contributed by atoms with Crippen LogP contribution in [0.25, 0.3) is 0 Å². The molecule has 2 heterocycles. The minimum Gasteiger partial charge on any atom is -0.493 e. The first kappa shape index (κ1) is 105. The monoisotopic (exact) mass is 2070 g/mol. The van der Waals surface area contributed by atoms with Crippen LogP contribution in [0.4, 0.5) is 126 Å². The molecular weight excluding hydrogens is 1980 g/mol. The number of carbonyl (C=O) groups is 1. The second kappa shape index (κ2) is 47.9. The SMILES string of the molecule is CCCOc1cc(N=Nc2ccc(N=Nc3ccccc3)cc2S(=O)(=O)O)c(C)cc1Nc1nc(NCCCCC(Nc2nc(Cc3ccc(N=Nc4ccc(N=Nc5ccccc5)cc4S(=O)(=O)O)c(C)c3)nc(Cc3cc(C)c(N=Nc4ccc(N=Nc5ccc(S(=O)(=O)O)cc5)cc4)cc3OCCCS(=O)(=O)O)n2)C(=O)O)nc(Nc2ccc(N=Nc3ccc(N=Nc4ccc(S(=O)(=O)O)cc4)cc3)c(C)c2)n1. The minimum absolute atomic E-state index is 0.000425. The van der Waals surface area contributed by atoms with Gasteiger partial charge in [-0.05, 0) is 282 Å². The van der Waals surface area contributed by atoms with Crippen LogP contribution in [0, 0.1) is 27.7 Å². The Kier molecular flexibility index (Phi) is 34.5. The summed E-state index contributed by atoms with van der Waals surface area (Å²) in [7, 11) is -23.0. The topological polar surface area (TPSA) is 651 Å². The van der Waals surface area contributed by atoms with Crippen LogP contribution in [-0.4, -0.2) is 137 Å². The molecular formula is C96H90N26O19S5. The summed E-state index contributed by atoms with van der Waals surface area (Å²) in [6.45, 7) is 9.10. The molecule has 0 amide bonds. The number of carboxylic acid groups (broad SMARTS) is 1. The van der Waals surface area contributed by atoms with Crippen LogP contribution >= 0.6 is 0 Å². The van der Waals surface area contributed by atoms with Gasteiger partial charge in [-0.2, -0.15) is 139 Å². The molecule has 1 unspecified atom stereocenters. The van der Waals surface area contributed by atoms with Crippen molar-refractivity contribution in [3.8, 4) is 11.5 Å².